The van der Waals surface area contributed by atoms with Crippen LogP contribution in [0.25, 0.3) is 0 Å². The first-order valence-electron chi connectivity index (χ1n) is 6.74. The average Bonchev–Trinajstić information content (AvgIpc) is 2.40. The summed E-state index contributed by atoms with van der Waals surface area (Å²) in [4.78, 5) is 6.74. The first-order valence-corrected chi connectivity index (χ1v) is 6.74. The van der Waals surface area contributed by atoms with Crippen LogP contribution >= 0.6 is 0 Å². The fraction of sp³-hybridized carbons (Fsp3) is 0.643. The normalized spacial score (nSPS) is 16.8. The van der Waals surface area contributed by atoms with E-state index in [-0.39, 0.29) is 0 Å². The van der Waals surface area contributed by atoms with Crippen molar-refractivity contribution in [2.24, 2.45) is 0 Å². The van der Waals surface area contributed by atoms with E-state index in [1.165, 1.54) is 37.8 Å². The molecule has 0 bridgehead atoms. The summed E-state index contributed by atoms with van der Waals surface area (Å²) in [5.74, 6) is 0.979. The van der Waals surface area contributed by atoms with Gasteiger partial charge in [0.1, 0.15) is 5.82 Å². The van der Waals surface area contributed by atoms with Crippen LogP contribution in [-0.4, -0.2) is 24.6 Å². The Labute approximate surface area is 104 Å². The van der Waals surface area contributed by atoms with Gasteiger partial charge >= 0.3 is 0 Å². The molecule has 1 aliphatic rings. The lowest BCUT2D eigenvalue weighted by Gasteiger charge is -2.33. The van der Waals surface area contributed by atoms with Crippen molar-refractivity contribution in [2.75, 3.05) is 23.8 Å². The van der Waals surface area contributed by atoms with Gasteiger partial charge in [0.2, 0.25) is 0 Å². The van der Waals surface area contributed by atoms with Crippen LogP contribution < -0.4 is 10.2 Å². The van der Waals surface area contributed by atoms with Gasteiger partial charge in [0.25, 0.3) is 0 Å². The third kappa shape index (κ3) is 3.11. The van der Waals surface area contributed by atoms with Crippen LogP contribution in [0.5, 0.6) is 0 Å². The summed E-state index contributed by atoms with van der Waals surface area (Å²) in [5, 5.41) is 3.27. The van der Waals surface area contributed by atoms with Gasteiger partial charge in [0.05, 0.1) is 0 Å². The maximum atomic E-state index is 4.32. The van der Waals surface area contributed by atoms with E-state index >= 15 is 0 Å². The zero-order valence-electron chi connectivity index (χ0n) is 10.9. The number of hydrogen-bond acceptors (Lipinski definition) is 3. The summed E-state index contributed by atoms with van der Waals surface area (Å²) in [5.41, 5.74) is 1.28. The highest BCUT2D eigenvalue weighted by Crippen LogP contribution is 2.26. The van der Waals surface area contributed by atoms with Crippen LogP contribution in [-0.2, 0) is 0 Å². The predicted octanol–water partition coefficient (Wildman–Crippen LogP) is 3.28. The molecule has 3 nitrogen and oxygen atoms in total. The maximum Gasteiger partial charge on any atom is 0.127 e. The van der Waals surface area contributed by atoms with E-state index in [9.17, 15) is 0 Å². The molecule has 94 valence electrons. The Balaban J connectivity index is 2.06. The summed E-state index contributed by atoms with van der Waals surface area (Å²) in [6, 6.07) is 4.97. The van der Waals surface area contributed by atoms with E-state index in [1.54, 1.807) is 0 Å². The quantitative estimate of drug-likeness (QED) is 0.865. The van der Waals surface area contributed by atoms with Gasteiger partial charge in [-0.05, 0) is 25.8 Å². The smallest absolute Gasteiger partial charge is 0.127 e. The lowest BCUT2D eigenvalue weighted by Crippen LogP contribution is -2.33. The molecule has 0 atom stereocenters. The zero-order valence-corrected chi connectivity index (χ0v) is 10.9. The molecule has 1 saturated carbocycles. The maximum absolute atomic E-state index is 4.32. The van der Waals surface area contributed by atoms with Gasteiger partial charge < -0.3 is 10.2 Å². The van der Waals surface area contributed by atoms with Gasteiger partial charge in [0.15, 0.2) is 0 Å². The number of pyridine rings is 1. The second-order valence-electron chi connectivity index (χ2n) is 4.83. The molecule has 17 heavy (non-hydrogen) atoms. The predicted molar refractivity (Wildman–Crippen MR) is 73.7 cm³/mol. The van der Waals surface area contributed by atoms with E-state index < -0.39 is 0 Å². The topological polar surface area (TPSA) is 28.2 Å². The lowest BCUT2D eigenvalue weighted by atomic mass is 9.94. The minimum absolute atomic E-state index is 0.709. The third-order valence-corrected chi connectivity index (χ3v) is 3.63. The summed E-state index contributed by atoms with van der Waals surface area (Å²) in [7, 11) is 2.21. The van der Waals surface area contributed by atoms with Crippen LogP contribution in [0.1, 0.15) is 39.0 Å². The van der Waals surface area contributed by atoms with Gasteiger partial charge in [-0.15, -0.1) is 0 Å². The van der Waals surface area contributed by atoms with Gasteiger partial charge in [-0.2, -0.15) is 0 Å². The van der Waals surface area contributed by atoms with Crippen LogP contribution in [0, 0.1) is 0 Å². The lowest BCUT2D eigenvalue weighted by molar-refractivity contribution is 0.427. The van der Waals surface area contributed by atoms with Crippen molar-refractivity contribution in [2.45, 2.75) is 45.1 Å². The Hall–Kier alpha value is -1.25. The van der Waals surface area contributed by atoms with Gasteiger partial charge in [-0.25, -0.2) is 4.98 Å². The van der Waals surface area contributed by atoms with Crippen molar-refractivity contribution in [1.29, 1.82) is 0 Å². The summed E-state index contributed by atoms with van der Waals surface area (Å²) < 4.78 is 0. The summed E-state index contributed by atoms with van der Waals surface area (Å²) in [6.45, 7) is 3.02. The second-order valence-corrected chi connectivity index (χ2v) is 4.83. The van der Waals surface area contributed by atoms with E-state index in [2.05, 4.69) is 41.3 Å². The third-order valence-electron chi connectivity index (χ3n) is 3.63. The molecule has 0 aromatic carbocycles. The number of nitrogens with zero attached hydrogens (tertiary/aromatic N) is 2. The molecule has 3 heteroatoms. The average molecular weight is 233 g/mol. The fourth-order valence-electron chi connectivity index (χ4n) is 2.60. The van der Waals surface area contributed by atoms with Gasteiger partial charge in [-0.3, -0.25) is 0 Å². The number of rotatable bonds is 4. The van der Waals surface area contributed by atoms with Crippen molar-refractivity contribution < 1.29 is 0 Å². The molecule has 2 rings (SSSR count). The Morgan fingerprint density at radius 1 is 1.35 bits per heavy atom. The monoisotopic (exact) mass is 233 g/mol. The molecule has 1 aliphatic carbocycles. The number of nitrogens with one attached hydrogen (secondary N) is 1. The fourth-order valence-corrected chi connectivity index (χ4v) is 2.60. The van der Waals surface area contributed by atoms with Crippen LogP contribution in [0.4, 0.5) is 11.5 Å². The Morgan fingerprint density at radius 2 is 2.12 bits per heavy atom. The van der Waals surface area contributed by atoms with Crippen LogP contribution in [0.15, 0.2) is 18.3 Å². The van der Waals surface area contributed by atoms with E-state index in [1.807, 2.05) is 6.20 Å². The largest absolute Gasteiger partial charge is 0.371 e. The molecule has 0 saturated heterocycles. The number of aromatic nitrogens is 1. The molecule has 0 radical (unpaired) electrons. The minimum Gasteiger partial charge on any atom is -0.371 e. The Morgan fingerprint density at radius 3 is 2.82 bits per heavy atom. The number of hydrogen-bond donors (Lipinski definition) is 1. The molecule has 0 aliphatic heterocycles. The summed E-state index contributed by atoms with van der Waals surface area (Å²) in [6.07, 6.45) is 8.71. The van der Waals surface area contributed by atoms with Crippen LogP contribution in [0.2, 0.25) is 0 Å². The molecular weight excluding hydrogens is 210 g/mol. The van der Waals surface area contributed by atoms with E-state index in [4.69, 9.17) is 0 Å². The van der Waals surface area contributed by atoms with Crippen molar-refractivity contribution in [1.82, 2.24) is 4.98 Å². The van der Waals surface area contributed by atoms with Crippen molar-refractivity contribution in [3.05, 3.63) is 18.3 Å². The summed E-state index contributed by atoms with van der Waals surface area (Å²) >= 11 is 0. The zero-order chi connectivity index (χ0) is 12.1. The minimum atomic E-state index is 0.709. The second kappa shape index (κ2) is 5.89. The number of anilines is 2. The molecule has 1 N–H and O–H groups in total. The standard InChI is InChI=1S/C14H23N3/c1-3-15-14-11-13(9-10-16-14)17(2)12-7-5-4-6-8-12/h9-12H,3-8H2,1-2H3,(H,15,16). The SMILES string of the molecule is CCNc1cc(N(C)C2CCCCC2)ccn1. The highest BCUT2D eigenvalue weighted by Gasteiger charge is 2.18. The molecule has 0 amide bonds. The van der Waals surface area contributed by atoms with Crippen LogP contribution in [0.3, 0.4) is 0 Å². The Bertz CT molecular complexity index is 345. The van der Waals surface area contributed by atoms with E-state index in [0.29, 0.717) is 6.04 Å². The highest BCUT2D eigenvalue weighted by molar-refractivity contribution is 5.54. The van der Waals surface area contributed by atoms with Crippen molar-refractivity contribution in [3.63, 3.8) is 0 Å². The molecule has 0 unspecified atom stereocenters. The molecular formula is C14H23N3. The van der Waals surface area contributed by atoms with Crippen molar-refractivity contribution >= 4 is 11.5 Å². The van der Waals surface area contributed by atoms with Gasteiger partial charge in [-0.1, -0.05) is 19.3 Å². The van der Waals surface area contributed by atoms with E-state index in [0.717, 1.165) is 12.4 Å². The first kappa shape index (κ1) is 12.2. The molecule has 1 aromatic rings. The molecule has 0 spiro atoms. The first-order chi connectivity index (χ1) is 8.31. The van der Waals surface area contributed by atoms with Crippen molar-refractivity contribution in [3.8, 4) is 0 Å². The Kier molecular flexibility index (Phi) is 4.24. The highest BCUT2D eigenvalue weighted by atomic mass is 15.1. The molecule has 1 fully saturated rings. The van der Waals surface area contributed by atoms with Gasteiger partial charge in [0, 0.05) is 37.6 Å². The molecule has 1 aromatic heterocycles. The molecule has 1 heterocycles.